The number of ether oxygens (including phenoxy) is 1. The van der Waals surface area contributed by atoms with Gasteiger partial charge in [0.25, 0.3) is 0 Å². The van der Waals surface area contributed by atoms with Crippen LogP contribution in [0.15, 0.2) is 35.1 Å². The van der Waals surface area contributed by atoms with E-state index < -0.39 is 0 Å². The highest BCUT2D eigenvalue weighted by Gasteiger charge is 2.06. The molecule has 0 atom stereocenters. The number of hydrogen-bond acceptors (Lipinski definition) is 4. The molecule has 0 aliphatic carbocycles. The molecule has 0 aliphatic heterocycles. The van der Waals surface area contributed by atoms with E-state index >= 15 is 0 Å². The van der Waals surface area contributed by atoms with Crippen LogP contribution in [-0.2, 0) is 6.54 Å². The Morgan fingerprint density at radius 1 is 1.32 bits per heavy atom. The van der Waals surface area contributed by atoms with E-state index in [9.17, 15) is 0 Å². The molecule has 19 heavy (non-hydrogen) atoms. The highest BCUT2D eigenvalue weighted by molar-refractivity contribution is 9.10. The van der Waals surface area contributed by atoms with Gasteiger partial charge in [-0.2, -0.15) is 0 Å². The van der Waals surface area contributed by atoms with Crippen LogP contribution in [0.3, 0.4) is 0 Å². The zero-order valence-corrected chi connectivity index (χ0v) is 12.7. The molecule has 0 saturated carbocycles. The Hall–Kier alpha value is -1.17. The molecule has 0 spiro atoms. The minimum absolute atomic E-state index is 0.278. The van der Waals surface area contributed by atoms with Crippen LogP contribution in [0.2, 0.25) is 5.02 Å². The van der Waals surface area contributed by atoms with E-state index in [1.54, 1.807) is 24.5 Å². The molecular weight excluding hydrogens is 330 g/mol. The zero-order valence-electron chi connectivity index (χ0n) is 10.4. The predicted molar refractivity (Wildman–Crippen MR) is 78.6 cm³/mol. The minimum Gasteiger partial charge on any atom is -0.423 e. The standard InChI is InChI=1S/C13H13BrClN3O/c1-2-16-6-9-7-17-13(18-8-9)19-12-5-10(14)3-4-11(12)15/h3-5,7-8,16H,2,6H2,1H3. The lowest BCUT2D eigenvalue weighted by atomic mass is 10.3. The Balaban J connectivity index is 2.08. The molecule has 2 rings (SSSR count). The SMILES string of the molecule is CCNCc1cnc(Oc2cc(Br)ccc2Cl)nc1. The van der Waals surface area contributed by atoms with Crippen LogP contribution in [0.4, 0.5) is 0 Å². The minimum atomic E-state index is 0.278. The lowest BCUT2D eigenvalue weighted by Gasteiger charge is -2.07. The van der Waals surface area contributed by atoms with Gasteiger partial charge in [-0.05, 0) is 24.7 Å². The second-order valence-electron chi connectivity index (χ2n) is 3.83. The largest absolute Gasteiger partial charge is 0.423 e. The summed E-state index contributed by atoms with van der Waals surface area (Å²) < 4.78 is 6.43. The molecule has 1 N–H and O–H groups in total. The fourth-order valence-electron chi connectivity index (χ4n) is 1.41. The number of nitrogens with one attached hydrogen (secondary N) is 1. The van der Waals surface area contributed by atoms with Gasteiger partial charge in [0.05, 0.1) is 5.02 Å². The normalized spacial score (nSPS) is 10.5. The van der Waals surface area contributed by atoms with Crippen molar-refractivity contribution in [3.63, 3.8) is 0 Å². The summed E-state index contributed by atoms with van der Waals surface area (Å²) in [7, 11) is 0. The van der Waals surface area contributed by atoms with Crippen LogP contribution in [0.25, 0.3) is 0 Å². The molecule has 0 amide bonds. The van der Waals surface area contributed by atoms with E-state index in [2.05, 4.69) is 31.2 Å². The van der Waals surface area contributed by atoms with Crippen LogP contribution in [-0.4, -0.2) is 16.5 Å². The van der Waals surface area contributed by atoms with Gasteiger partial charge >= 0.3 is 6.01 Å². The van der Waals surface area contributed by atoms with Crippen molar-refractivity contribution in [1.29, 1.82) is 0 Å². The third kappa shape index (κ3) is 4.16. The second kappa shape index (κ2) is 6.84. The fourth-order valence-corrected chi connectivity index (χ4v) is 1.91. The topological polar surface area (TPSA) is 47.0 Å². The first kappa shape index (κ1) is 14.2. The summed E-state index contributed by atoms with van der Waals surface area (Å²) in [6.45, 7) is 3.70. The maximum atomic E-state index is 6.03. The molecule has 0 aliphatic rings. The van der Waals surface area contributed by atoms with E-state index in [-0.39, 0.29) is 6.01 Å². The third-order valence-corrected chi connectivity index (χ3v) is 3.16. The van der Waals surface area contributed by atoms with Gasteiger partial charge in [-0.15, -0.1) is 0 Å². The number of halogens is 2. The van der Waals surface area contributed by atoms with Crippen molar-refractivity contribution in [3.8, 4) is 11.8 Å². The molecule has 0 radical (unpaired) electrons. The summed E-state index contributed by atoms with van der Waals surface area (Å²) in [5, 5.41) is 3.72. The number of nitrogens with zero attached hydrogens (tertiary/aromatic N) is 2. The molecule has 0 fully saturated rings. The third-order valence-electron chi connectivity index (χ3n) is 2.36. The summed E-state index contributed by atoms with van der Waals surface area (Å²) in [5.74, 6) is 0.524. The molecule has 6 heteroatoms. The second-order valence-corrected chi connectivity index (χ2v) is 5.15. The van der Waals surface area contributed by atoms with Crippen molar-refractivity contribution in [2.24, 2.45) is 0 Å². The molecular formula is C13H13BrClN3O. The average Bonchev–Trinajstić information content (AvgIpc) is 2.42. The van der Waals surface area contributed by atoms with Crippen LogP contribution in [0, 0.1) is 0 Å². The van der Waals surface area contributed by atoms with Gasteiger partial charge in [-0.1, -0.05) is 34.5 Å². The molecule has 1 aromatic carbocycles. The van der Waals surface area contributed by atoms with E-state index in [0.717, 1.165) is 23.1 Å². The summed E-state index contributed by atoms with van der Waals surface area (Å²) >= 11 is 9.40. The Bertz CT molecular complexity index is 548. The van der Waals surface area contributed by atoms with Gasteiger partial charge in [0.15, 0.2) is 5.75 Å². The Morgan fingerprint density at radius 2 is 2.05 bits per heavy atom. The van der Waals surface area contributed by atoms with E-state index in [4.69, 9.17) is 16.3 Å². The Labute approximate surface area is 125 Å². The quantitative estimate of drug-likeness (QED) is 0.898. The number of hydrogen-bond donors (Lipinski definition) is 1. The van der Waals surface area contributed by atoms with Gasteiger partial charge in [0.2, 0.25) is 0 Å². The van der Waals surface area contributed by atoms with E-state index in [1.165, 1.54) is 0 Å². The van der Waals surface area contributed by atoms with Gasteiger partial charge in [0.1, 0.15) is 0 Å². The number of rotatable bonds is 5. The Morgan fingerprint density at radius 3 is 2.74 bits per heavy atom. The van der Waals surface area contributed by atoms with E-state index in [1.807, 2.05) is 13.0 Å². The van der Waals surface area contributed by atoms with Crippen molar-refractivity contribution in [2.75, 3.05) is 6.54 Å². The highest BCUT2D eigenvalue weighted by atomic mass is 79.9. The van der Waals surface area contributed by atoms with Gasteiger partial charge in [-0.25, -0.2) is 9.97 Å². The molecule has 4 nitrogen and oxygen atoms in total. The molecule has 1 aromatic heterocycles. The molecule has 2 aromatic rings. The Kier molecular flexibility index (Phi) is 5.13. The number of benzene rings is 1. The van der Waals surface area contributed by atoms with Crippen molar-refractivity contribution in [3.05, 3.63) is 45.7 Å². The fraction of sp³-hybridized carbons (Fsp3) is 0.231. The lowest BCUT2D eigenvalue weighted by molar-refractivity contribution is 0.440. The van der Waals surface area contributed by atoms with Crippen LogP contribution < -0.4 is 10.1 Å². The zero-order chi connectivity index (χ0) is 13.7. The van der Waals surface area contributed by atoms with Gasteiger partial charge in [-0.3, -0.25) is 0 Å². The predicted octanol–water partition coefficient (Wildman–Crippen LogP) is 3.79. The number of aromatic nitrogens is 2. The van der Waals surface area contributed by atoms with Crippen LogP contribution >= 0.6 is 27.5 Å². The average molecular weight is 343 g/mol. The van der Waals surface area contributed by atoms with Crippen molar-refractivity contribution in [2.45, 2.75) is 13.5 Å². The summed E-state index contributed by atoms with van der Waals surface area (Å²) in [6, 6.07) is 5.65. The maximum Gasteiger partial charge on any atom is 0.321 e. The van der Waals surface area contributed by atoms with Crippen LogP contribution in [0.5, 0.6) is 11.8 Å². The van der Waals surface area contributed by atoms with Crippen molar-refractivity contribution >= 4 is 27.5 Å². The van der Waals surface area contributed by atoms with E-state index in [0.29, 0.717) is 10.8 Å². The smallest absolute Gasteiger partial charge is 0.321 e. The molecule has 0 bridgehead atoms. The summed E-state index contributed by atoms with van der Waals surface area (Å²) in [5.41, 5.74) is 1.01. The first-order valence-electron chi connectivity index (χ1n) is 5.83. The molecule has 0 saturated heterocycles. The first-order valence-corrected chi connectivity index (χ1v) is 7.00. The van der Waals surface area contributed by atoms with Crippen LogP contribution in [0.1, 0.15) is 12.5 Å². The summed E-state index contributed by atoms with van der Waals surface area (Å²) in [4.78, 5) is 8.30. The molecule has 0 unspecified atom stereocenters. The molecule has 100 valence electrons. The lowest BCUT2D eigenvalue weighted by Crippen LogP contribution is -2.12. The monoisotopic (exact) mass is 341 g/mol. The van der Waals surface area contributed by atoms with Gasteiger partial charge in [0, 0.05) is 29.0 Å². The maximum absolute atomic E-state index is 6.03. The molecule has 1 heterocycles. The van der Waals surface area contributed by atoms with Crippen molar-refractivity contribution in [1.82, 2.24) is 15.3 Å². The summed E-state index contributed by atoms with van der Waals surface area (Å²) in [6.07, 6.45) is 3.47. The van der Waals surface area contributed by atoms with Gasteiger partial charge < -0.3 is 10.1 Å². The van der Waals surface area contributed by atoms with Crippen molar-refractivity contribution < 1.29 is 4.74 Å². The highest BCUT2D eigenvalue weighted by Crippen LogP contribution is 2.30. The first-order chi connectivity index (χ1) is 9.19.